The summed E-state index contributed by atoms with van der Waals surface area (Å²) in [6.45, 7) is 8.10. The monoisotopic (exact) mass is 281 g/mol. The van der Waals surface area contributed by atoms with Crippen LogP contribution in [-0.2, 0) is 0 Å². The highest BCUT2D eigenvalue weighted by atomic mass is 16.3. The first-order valence-electron chi connectivity index (χ1n) is 6.94. The highest BCUT2D eigenvalue weighted by Gasteiger charge is 2.22. The molecule has 3 N–H and O–H groups in total. The molecule has 112 valence electrons. The van der Waals surface area contributed by atoms with Gasteiger partial charge in [0.15, 0.2) is 5.69 Å². The van der Waals surface area contributed by atoms with Crippen LogP contribution in [0.5, 0.6) is 0 Å². The molecule has 7 heteroatoms. The minimum Gasteiger partial charge on any atom is -0.391 e. The molecule has 0 bridgehead atoms. The van der Waals surface area contributed by atoms with Gasteiger partial charge in [-0.3, -0.25) is 4.79 Å². The second-order valence-corrected chi connectivity index (χ2v) is 6.52. The molecule has 1 fully saturated rings. The molecule has 0 saturated carbocycles. The average Bonchev–Trinajstić information content (AvgIpc) is 2.70. The van der Waals surface area contributed by atoms with Crippen LogP contribution in [0, 0.1) is 5.41 Å². The van der Waals surface area contributed by atoms with Crippen LogP contribution in [0.3, 0.4) is 0 Å². The number of aliphatic hydroxyl groups excluding tert-OH is 1. The fourth-order valence-electron chi connectivity index (χ4n) is 2.10. The van der Waals surface area contributed by atoms with Crippen LogP contribution in [0.2, 0.25) is 0 Å². The summed E-state index contributed by atoms with van der Waals surface area (Å²) in [6.07, 6.45) is 1.73. The molecule has 1 aliphatic heterocycles. The molecule has 1 unspecified atom stereocenters. The molecule has 1 amide bonds. The van der Waals surface area contributed by atoms with Gasteiger partial charge in [-0.2, -0.15) is 0 Å². The summed E-state index contributed by atoms with van der Waals surface area (Å²) in [5, 5.41) is 23.5. The number of rotatable bonds is 5. The second-order valence-electron chi connectivity index (χ2n) is 6.52. The summed E-state index contributed by atoms with van der Waals surface area (Å²) in [6, 6.07) is 0.288. The second kappa shape index (κ2) is 5.88. The lowest BCUT2D eigenvalue weighted by molar-refractivity contribution is 0.0864. The molecule has 2 heterocycles. The van der Waals surface area contributed by atoms with Crippen molar-refractivity contribution in [1.29, 1.82) is 0 Å². The number of carbonyl (C=O) groups is 1. The van der Waals surface area contributed by atoms with Gasteiger partial charge in [-0.25, -0.2) is 4.68 Å². The Kier molecular flexibility index (Phi) is 4.39. The van der Waals surface area contributed by atoms with Crippen LogP contribution in [0.25, 0.3) is 0 Å². The van der Waals surface area contributed by atoms with Gasteiger partial charge in [-0.05, 0) is 11.8 Å². The normalized spacial score (nSPS) is 17.6. The van der Waals surface area contributed by atoms with E-state index in [1.807, 2.05) is 0 Å². The van der Waals surface area contributed by atoms with E-state index in [4.69, 9.17) is 0 Å². The van der Waals surface area contributed by atoms with Gasteiger partial charge in [0.1, 0.15) is 0 Å². The fourth-order valence-corrected chi connectivity index (χ4v) is 2.10. The van der Waals surface area contributed by atoms with Crippen molar-refractivity contribution < 1.29 is 9.90 Å². The van der Waals surface area contributed by atoms with E-state index >= 15 is 0 Å². The predicted molar refractivity (Wildman–Crippen MR) is 74.3 cm³/mol. The molecule has 0 aliphatic carbocycles. The zero-order valence-electron chi connectivity index (χ0n) is 12.3. The van der Waals surface area contributed by atoms with Crippen LogP contribution in [0.15, 0.2) is 6.20 Å². The van der Waals surface area contributed by atoms with Crippen LogP contribution >= 0.6 is 0 Å². The van der Waals surface area contributed by atoms with Crippen LogP contribution in [-0.4, -0.2) is 51.7 Å². The van der Waals surface area contributed by atoms with Gasteiger partial charge in [0.2, 0.25) is 0 Å². The highest BCUT2D eigenvalue weighted by Crippen LogP contribution is 2.20. The molecule has 0 radical (unpaired) electrons. The number of amides is 1. The Hall–Kier alpha value is -1.47. The summed E-state index contributed by atoms with van der Waals surface area (Å²) >= 11 is 0. The highest BCUT2D eigenvalue weighted by molar-refractivity contribution is 5.91. The molecule has 2 rings (SSSR count). The first-order valence-corrected chi connectivity index (χ1v) is 6.94. The summed E-state index contributed by atoms with van der Waals surface area (Å²) in [5.41, 5.74) is 0.324. The van der Waals surface area contributed by atoms with E-state index in [0.717, 1.165) is 13.1 Å². The molecule has 1 saturated heterocycles. The molecule has 20 heavy (non-hydrogen) atoms. The molecule has 1 aromatic heterocycles. The summed E-state index contributed by atoms with van der Waals surface area (Å²) in [5.74, 6) is -0.295. The van der Waals surface area contributed by atoms with E-state index in [9.17, 15) is 9.90 Å². The van der Waals surface area contributed by atoms with E-state index in [0.29, 0.717) is 12.1 Å². The number of nitrogens with one attached hydrogen (secondary N) is 2. The average molecular weight is 281 g/mol. The van der Waals surface area contributed by atoms with Crippen molar-refractivity contribution in [3.8, 4) is 0 Å². The maximum absolute atomic E-state index is 11.9. The van der Waals surface area contributed by atoms with Crippen LogP contribution < -0.4 is 10.6 Å². The van der Waals surface area contributed by atoms with E-state index in [2.05, 4.69) is 41.7 Å². The Morgan fingerprint density at radius 3 is 2.85 bits per heavy atom. The lowest BCUT2D eigenvalue weighted by atomic mass is 9.89. The van der Waals surface area contributed by atoms with Crippen molar-refractivity contribution in [2.75, 3.05) is 19.6 Å². The third-order valence-corrected chi connectivity index (χ3v) is 3.22. The zero-order chi connectivity index (χ0) is 14.8. The van der Waals surface area contributed by atoms with Gasteiger partial charge in [0, 0.05) is 19.6 Å². The van der Waals surface area contributed by atoms with Gasteiger partial charge in [0.05, 0.1) is 18.3 Å². The summed E-state index contributed by atoms with van der Waals surface area (Å²) < 4.78 is 1.71. The third-order valence-electron chi connectivity index (χ3n) is 3.22. The number of aromatic nitrogens is 3. The Morgan fingerprint density at radius 2 is 2.30 bits per heavy atom. The quantitative estimate of drug-likeness (QED) is 0.704. The molecular weight excluding hydrogens is 258 g/mol. The SMILES string of the molecule is CC(C)(C)CC(O)CNC(=O)c1cn(C2CNC2)nn1. The maximum atomic E-state index is 11.9. The maximum Gasteiger partial charge on any atom is 0.273 e. The van der Waals surface area contributed by atoms with Gasteiger partial charge in [0.25, 0.3) is 5.91 Å². The fraction of sp³-hybridized carbons (Fsp3) is 0.769. The predicted octanol–water partition coefficient (Wildman–Crippen LogP) is -0.0507. The number of carbonyl (C=O) groups excluding carboxylic acids is 1. The lowest BCUT2D eigenvalue weighted by Gasteiger charge is -2.26. The third kappa shape index (κ3) is 4.01. The minimum absolute atomic E-state index is 0.0322. The van der Waals surface area contributed by atoms with Crippen LogP contribution in [0.4, 0.5) is 0 Å². The smallest absolute Gasteiger partial charge is 0.273 e. The summed E-state index contributed by atoms with van der Waals surface area (Å²) in [4.78, 5) is 11.9. The van der Waals surface area contributed by atoms with E-state index in [1.165, 1.54) is 0 Å². The number of aliphatic hydroxyl groups is 1. The topological polar surface area (TPSA) is 92.1 Å². The lowest BCUT2D eigenvalue weighted by Crippen LogP contribution is -2.43. The van der Waals surface area contributed by atoms with E-state index < -0.39 is 6.10 Å². The van der Waals surface area contributed by atoms with Crippen molar-refractivity contribution in [1.82, 2.24) is 25.6 Å². The Labute approximate surface area is 118 Å². The Balaban J connectivity index is 1.81. The number of hydrogen-bond acceptors (Lipinski definition) is 5. The largest absolute Gasteiger partial charge is 0.391 e. The van der Waals surface area contributed by atoms with Gasteiger partial charge < -0.3 is 15.7 Å². The van der Waals surface area contributed by atoms with E-state index in [1.54, 1.807) is 10.9 Å². The van der Waals surface area contributed by atoms with Gasteiger partial charge in [-0.15, -0.1) is 5.10 Å². The standard InChI is InChI=1S/C13H23N5O2/c1-13(2,3)4-10(19)7-15-12(20)11-8-18(17-16-11)9-5-14-6-9/h8-10,14,19H,4-7H2,1-3H3,(H,15,20). The van der Waals surface area contributed by atoms with Crippen molar-refractivity contribution in [2.45, 2.75) is 39.3 Å². The van der Waals surface area contributed by atoms with Gasteiger partial charge >= 0.3 is 0 Å². The minimum atomic E-state index is -0.551. The molecular formula is C13H23N5O2. The molecule has 1 aromatic rings. The number of nitrogens with zero attached hydrogens (tertiary/aromatic N) is 3. The molecule has 1 atom stereocenters. The van der Waals surface area contributed by atoms with Crippen molar-refractivity contribution in [3.63, 3.8) is 0 Å². The Bertz CT molecular complexity index is 462. The molecule has 7 nitrogen and oxygen atoms in total. The van der Waals surface area contributed by atoms with Crippen LogP contribution in [0.1, 0.15) is 43.7 Å². The first-order chi connectivity index (χ1) is 9.35. The van der Waals surface area contributed by atoms with Crippen molar-refractivity contribution >= 4 is 5.91 Å². The first kappa shape index (κ1) is 14.9. The van der Waals surface area contributed by atoms with Crippen molar-refractivity contribution in [2.24, 2.45) is 5.41 Å². The van der Waals surface area contributed by atoms with Crippen molar-refractivity contribution in [3.05, 3.63) is 11.9 Å². The molecule has 1 aliphatic rings. The van der Waals surface area contributed by atoms with Gasteiger partial charge in [-0.1, -0.05) is 26.0 Å². The molecule has 0 spiro atoms. The van der Waals surface area contributed by atoms with E-state index in [-0.39, 0.29) is 23.9 Å². The molecule has 0 aromatic carbocycles. The summed E-state index contributed by atoms with van der Waals surface area (Å²) in [7, 11) is 0. The number of hydrogen-bond donors (Lipinski definition) is 3. The zero-order valence-corrected chi connectivity index (χ0v) is 12.3. The Morgan fingerprint density at radius 1 is 1.60 bits per heavy atom.